The van der Waals surface area contributed by atoms with Gasteiger partial charge in [-0.3, -0.25) is 0 Å². The first-order chi connectivity index (χ1) is 5.99. The van der Waals surface area contributed by atoms with Crippen molar-refractivity contribution in [3.05, 3.63) is 0 Å². The van der Waals surface area contributed by atoms with Crippen LogP contribution in [0.1, 0.15) is 52.4 Å². The number of rotatable bonds is 3. The predicted molar refractivity (Wildman–Crippen MR) is 53.2 cm³/mol. The molecule has 1 unspecified atom stereocenters. The smallest absolute Gasteiger partial charge is 0.162 e. The van der Waals surface area contributed by atoms with E-state index in [1.165, 1.54) is 12.8 Å². The summed E-state index contributed by atoms with van der Waals surface area (Å²) in [5, 5.41) is 18.9. The molecule has 0 spiro atoms. The minimum Gasteiger partial charge on any atom is -0.366 e. The monoisotopic (exact) mass is 186 g/mol. The van der Waals surface area contributed by atoms with Gasteiger partial charge in [-0.2, -0.15) is 0 Å². The van der Waals surface area contributed by atoms with Gasteiger partial charge in [0, 0.05) is 12.8 Å². The molecule has 1 fully saturated rings. The van der Waals surface area contributed by atoms with Gasteiger partial charge >= 0.3 is 0 Å². The summed E-state index contributed by atoms with van der Waals surface area (Å²) in [4.78, 5) is 0. The third-order valence-corrected chi connectivity index (χ3v) is 2.96. The molecule has 2 N–H and O–H groups in total. The van der Waals surface area contributed by atoms with Gasteiger partial charge in [-0.1, -0.05) is 33.1 Å². The molecule has 13 heavy (non-hydrogen) atoms. The first-order valence-corrected chi connectivity index (χ1v) is 5.44. The van der Waals surface area contributed by atoms with Crippen LogP contribution in [0.2, 0.25) is 0 Å². The zero-order valence-corrected chi connectivity index (χ0v) is 8.79. The molecule has 1 aliphatic rings. The molecule has 2 nitrogen and oxygen atoms in total. The van der Waals surface area contributed by atoms with Gasteiger partial charge in [-0.25, -0.2) is 0 Å². The lowest BCUT2D eigenvalue weighted by molar-refractivity contribution is -0.191. The maximum atomic E-state index is 9.47. The summed E-state index contributed by atoms with van der Waals surface area (Å²) in [5.74, 6) is -0.0975. The Bertz CT molecular complexity index is 152. The maximum absolute atomic E-state index is 9.47. The molecule has 0 bridgehead atoms. The molecule has 0 saturated heterocycles. The molecule has 0 aliphatic heterocycles. The zero-order chi connectivity index (χ0) is 9.90. The molecule has 0 aromatic heterocycles. The summed E-state index contributed by atoms with van der Waals surface area (Å²) in [6.45, 7) is 4.43. The van der Waals surface area contributed by atoms with Crippen LogP contribution in [0.25, 0.3) is 0 Å². The molecule has 1 aliphatic carbocycles. The molecule has 1 saturated carbocycles. The number of aliphatic hydroxyl groups is 2. The molecule has 1 rings (SSSR count). The normalized spacial score (nSPS) is 27.9. The van der Waals surface area contributed by atoms with Gasteiger partial charge in [-0.15, -0.1) is 0 Å². The van der Waals surface area contributed by atoms with Crippen molar-refractivity contribution in [2.75, 3.05) is 0 Å². The van der Waals surface area contributed by atoms with Crippen LogP contribution in [-0.4, -0.2) is 16.0 Å². The van der Waals surface area contributed by atoms with Gasteiger partial charge < -0.3 is 10.2 Å². The van der Waals surface area contributed by atoms with Crippen molar-refractivity contribution >= 4 is 0 Å². The second kappa shape index (κ2) is 4.43. The van der Waals surface area contributed by atoms with Crippen molar-refractivity contribution in [2.24, 2.45) is 11.8 Å². The fourth-order valence-corrected chi connectivity index (χ4v) is 2.16. The second-order valence-electron chi connectivity index (χ2n) is 4.92. The lowest BCUT2D eigenvalue weighted by Gasteiger charge is -2.32. The molecule has 0 aromatic rings. The van der Waals surface area contributed by atoms with E-state index in [-0.39, 0.29) is 0 Å². The van der Waals surface area contributed by atoms with Crippen LogP contribution in [-0.2, 0) is 0 Å². The molecular weight excluding hydrogens is 164 g/mol. The summed E-state index contributed by atoms with van der Waals surface area (Å²) in [7, 11) is 0. The Kier molecular flexibility index (Phi) is 3.74. The van der Waals surface area contributed by atoms with Gasteiger partial charge in [0.2, 0.25) is 0 Å². The van der Waals surface area contributed by atoms with Gasteiger partial charge in [-0.05, 0) is 18.3 Å². The minimum atomic E-state index is -1.36. The Labute approximate surface area is 81.0 Å². The average Bonchev–Trinajstić information content (AvgIpc) is 1.99. The number of hydrogen-bond donors (Lipinski definition) is 2. The van der Waals surface area contributed by atoms with E-state index in [1.54, 1.807) is 0 Å². The van der Waals surface area contributed by atoms with Crippen molar-refractivity contribution < 1.29 is 10.2 Å². The van der Waals surface area contributed by atoms with E-state index < -0.39 is 5.79 Å². The summed E-state index contributed by atoms with van der Waals surface area (Å²) in [6, 6.07) is 0. The Hall–Kier alpha value is -0.0800. The van der Waals surface area contributed by atoms with Gasteiger partial charge in [0.25, 0.3) is 0 Å². The molecule has 78 valence electrons. The van der Waals surface area contributed by atoms with E-state index >= 15 is 0 Å². The maximum Gasteiger partial charge on any atom is 0.162 e. The predicted octanol–water partition coefficient (Wildman–Crippen LogP) is 2.29. The van der Waals surface area contributed by atoms with Gasteiger partial charge in [0.05, 0.1) is 0 Å². The fraction of sp³-hybridized carbons (Fsp3) is 1.00. The standard InChI is InChI=1S/C11H22O2/c1-9(2)5-6-10-4-3-7-11(12,13)8-10/h9-10,12-13H,3-8H2,1-2H3. The Morgan fingerprint density at radius 3 is 2.62 bits per heavy atom. The Balaban J connectivity index is 2.26. The highest BCUT2D eigenvalue weighted by atomic mass is 16.5. The fourth-order valence-electron chi connectivity index (χ4n) is 2.16. The minimum absolute atomic E-state index is 0.533. The van der Waals surface area contributed by atoms with Crippen LogP contribution < -0.4 is 0 Å². The molecule has 0 aromatic carbocycles. The van der Waals surface area contributed by atoms with Crippen molar-refractivity contribution in [2.45, 2.75) is 58.2 Å². The van der Waals surface area contributed by atoms with E-state index in [1.807, 2.05) is 0 Å². The lowest BCUT2D eigenvalue weighted by Crippen LogP contribution is -2.34. The van der Waals surface area contributed by atoms with E-state index in [4.69, 9.17) is 0 Å². The first kappa shape index (κ1) is 11.0. The summed E-state index contributed by atoms with van der Waals surface area (Å²) >= 11 is 0. The van der Waals surface area contributed by atoms with Crippen LogP contribution in [0.3, 0.4) is 0 Å². The molecule has 0 radical (unpaired) electrons. The second-order valence-corrected chi connectivity index (χ2v) is 4.92. The van der Waals surface area contributed by atoms with Crippen molar-refractivity contribution in [3.63, 3.8) is 0 Å². The van der Waals surface area contributed by atoms with Crippen LogP contribution in [0, 0.1) is 11.8 Å². The number of hydrogen-bond acceptors (Lipinski definition) is 2. The topological polar surface area (TPSA) is 40.5 Å². The van der Waals surface area contributed by atoms with Crippen molar-refractivity contribution in [1.82, 2.24) is 0 Å². The molecule has 0 heterocycles. The summed E-state index contributed by atoms with van der Waals surface area (Å²) in [5.41, 5.74) is 0. The first-order valence-electron chi connectivity index (χ1n) is 5.44. The molecular formula is C11H22O2. The van der Waals surface area contributed by atoms with Crippen LogP contribution in [0.5, 0.6) is 0 Å². The Morgan fingerprint density at radius 1 is 1.38 bits per heavy atom. The van der Waals surface area contributed by atoms with E-state index in [0.717, 1.165) is 18.8 Å². The highest BCUT2D eigenvalue weighted by Gasteiger charge is 2.31. The van der Waals surface area contributed by atoms with E-state index in [0.29, 0.717) is 18.8 Å². The average molecular weight is 186 g/mol. The summed E-state index contributed by atoms with van der Waals surface area (Å²) < 4.78 is 0. The summed E-state index contributed by atoms with van der Waals surface area (Å²) in [6.07, 6.45) is 5.65. The molecule has 2 heteroatoms. The van der Waals surface area contributed by atoms with Crippen LogP contribution in [0.4, 0.5) is 0 Å². The van der Waals surface area contributed by atoms with Gasteiger partial charge in [0.1, 0.15) is 0 Å². The zero-order valence-electron chi connectivity index (χ0n) is 8.79. The van der Waals surface area contributed by atoms with Gasteiger partial charge in [0.15, 0.2) is 5.79 Å². The third kappa shape index (κ3) is 4.10. The molecule has 0 amide bonds. The largest absolute Gasteiger partial charge is 0.366 e. The van der Waals surface area contributed by atoms with Crippen molar-refractivity contribution in [1.29, 1.82) is 0 Å². The Morgan fingerprint density at radius 2 is 2.08 bits per heavy atom. The van der Waals surface area contributed by atoms with Crippen LogP contribution in [0.15, 0.2) is 0 Å². The lowest BCUT2D eigenvalue weighted by atomic mass is 9.81. The molecule has 1 atom stereocenters. The highest BCUT2D eigenvalue weighted by Crippen LogP contribution is 2.33. The SMILES string of the molecule is CC(C)CCC1CCCC(O)(O)C1. The highest BCUT2D eigenvalue weighted by molar-refractivity contribution is 4.77. The third-order valence-electron chi connectivity index (χ3n) is 2.96. The van der Waals surface area contributed by atoms with Crippen molar-refractivity contribution in [3.8, 4) is 0 Å². The quantitative estimate of drug-likeness (QED) is 0.664. The van der Waals surface area contributed by atoms with Crippen LogP contribution >= 0.6 is 0 Å². The van der Waals surface area contributed by atoms with E-state index in [2.05, 4.69) is 13.8 Å². The van der Waals surface area contributed by atoms with E-state index in [9.17, 15) is 10.2 Å².